The molecule has 11 heteroatoms. The quantitative estimate of drug-likeness (QED) is 0.367. The molecule has 0 radical (unpaired) electrons. The van der Waals surface area contributed by atoms with Gasteiger partial charge in [-0.25, -0.2) is 22.7 Å². The lowest BCUT2D eigenvalue weighted by molar-refractivity contribution is -0.156. The summed E-state index contributed by atoms with van der Waals surface area (Å²) < 4.78 is 53.8. The van der Waals surface area contributed by atoms with Crippen molar-refractivity contribution in [1.29, 1.82) is 0 Å². The fourth-order valence-electron chi connectivity index (χ4n) is 3.53. The molecule has 1 fully saturated rings. The first kappa shape index (κ1) is 22.7. The molecule has 2 unspecified atom stereocenters. The number of sulfone groups is 1. The molecular formula is C22H20FNO8S. The molecule has 2 aliphatic rings. The SMILES string of the molecule is Cc1cc(F)ccc1COc1ccc(S(=O)(=O)CN(O)C(=O)C2=CC3OC(=O)OC3C2)cc1. The highest BCUT2D eigenvalue weighted by atomic mass is 32.2. The number of benzene rings is 2. The Bertz CT molecular complexity index is 1230. The molecule has 1 N–H and O–H groups in total. The third kappa shape index (κ3) is 4.99. The van der Waals surface area contributed by atoms with E-state index in [2.05, 4.69) is 0 Å². The molecule has 2 aromatic carbocycles. The Labute approximate surface area is 188 Å². The van der Waals surface area contributed by atoms with Crippen LogP contribution >= 0.6 is 0 Å². The van der Waals surface area contributed by atoms with Crippen LogP contribution in [0.3, 0.4) is 0 Å². The second kappa shape index (κ2) is 8.83. The molecule has 4 rings (SSSR count). The van der Waals surface area contributed by atoms with Gasteiger partial charge in [0.2, 0.25) is 0 Å². The molecule has 1 aliphatic carbocycles. The minimum absolute atomic E-state index is 0.0198. The number of ether oxygens (including phenoxy) is 3. The Balaban J connectivity index is 1.36. The van der Waals surface area contributed by atoms with Crippen LogP contribution in [-0.2, 0) is 30.7 Å². The van der Waals surface area contributed by atoms with Gasteiger partial charge in [-0.05, 0) is 60.5 Å². The molecule has 1 heterocycles. The zero-order valence-corrected chi connectivity index (χ0v) is 18.2. The molecule has 0 bridgehead atoms. The lowest BCUT2D eigenvalue weighted by atomic mass is 10.1. The highest BCUT2D eigenvalue weighted by Crippen LogP contribution is 2.31. The fraction of sp³-hybridized carbons (Fsp3) is 0.273. The number of rotatable bonds is 7. The zero-order valence-electron chi connectivity index (χ0n) is 17.4. The van der Waals surface area contributed by atoms with Gasteiger partial charge < -0.3 is 14.2 Å². The number of hydroxylamine groups is 2. The van der Waals surface area contributed by atoms with Crippen molar-refractivity contribution in [2.45, 2.75) is 37.1 Å². The first-order chi connectivity index (χ1) is 15.6. The zero-order chi connectivity index (χ0) is 23.8. The number of fused-ring (bicyclic) bond motifs is 1. The molecule has 2 aromatic rings. The molecule has 174 valence electrons. The van der Waals surface area contributed by atoms with E-state index in [4.69, 9.17) is 14.2 Å². The maximum atomic E-state index is 13.2. The third-order valence-corrected chi connectivity index (χ3v) is 6.89. The molecule has 0 aromatic heterocycles. The van der Waals surface area contributed by atoms with E-state index in [0.717, 1.165) is 11.1 Å². The number of amides is 1. The van der Waals surface area contributed by atoms with E-state index >= 15 is 0 Å². The normalized spacial score (nSPS) is 19.4. The van der Waals surface area contributed by atoms with Crippen molar-refractivity contribution in [1.82, 2.24) is 5.06 Å². The monoisotopic (exact) mass is 477 g/mol. The first-order valence-electron chi connectivity index (χ1n) is 9.92. The molecule has 33 heavy (non-hydrogen) atoms. The van der Waals surface area contributed by atoms with Gasteiger partial charge in [0.1, 0.15) is 18.2 Å². The van der Waals surface area contributed by atoms with Crippen LogP contribution in [0.4, 0.5) is 9.18 Å². The van der Waals surface area contributed by atoms with Crippen LogP contribution in [0, 0.1) is 12.7 Å². The predicted octanol–water partition coefficient (Wildman–Crippen LogP) is 2.90. The van der Waals surface area contributed by atoms with E-state index in [1.54, 1.807) is 13.0 Å². The van der Waals surface area contributed by atoms with Crippen molar-refractivity contribution in [2.75, 3.05) is 5.88 Å². The van der Waals surface area contributed by atoms with E-state index in [1.165, 1.54) is 42.5 Å². The summed E-state index contributed by atoms with van der Waals surface area (Å²) in [6.07, 6.45) is -0.869. The summed E-state index contributed by atoms with van der Waals surface area (Å²) in [5.74, 6) is -1.83. The Morgan fingerprint density at radius 1 is 1.21 bits per heavy atom. The van der Waals surface area contributed by atoms with Crippen molar-refractivity contribution in [3.8, 4) is 5.75 Å². The van der Waals surface area contributed by atoms with Gasteiger partial charge >= 0.3 is 6.16 Å². The van der Waals surface area contributed by atoms with Crippen molar-refractivity contribution < 1.29 is 41.8 Å². The molecule has 1 saturated heterocycles. The molecule has 9 nitrogen and oxygen atoms in total. The average molecular weight is 477 g/mol. The van der Waals surface area contributed by atoms with Crippen LogP contribution in [0.25, 0.3) is 0 Å². The third-order valence-electron chi connectivity index (χ3n) is 5.32. The maximum Gasteiger partial charge on any atom is 0.509 e. The minimum Gasteiger partial charge on any atom is -0.489 e. The van der Waals surface area contributed by atoms with Crippen LogP contribution in [0.1, 0.15) is 17.5 Å². The van der Waals surface area contributed by atoms with Gasteiger partial charge in [0.25, 0.3) is 5.91 Å². The van der Waals surface area contributed by atoms with Gasteiger partial charge in [0.15, 0.2) is 27.9 Å². The van der Waals surface area contributed by atoms with Gasteiger partial charge in [0, 0.05) is 12.0 Å². The van der Waals surface area contributed by atoms with Gasteiger partial charge in [-0.3, -0.25) is 10.0 Å². The Kier molecular flexibility index (Phi) is 6.09. The van der Waals surface area contributed by atoms with E-state index in [0.29, 0.717) is 5.75 Å². The van der Waals surface area contributed by atoms with Crippen LogP contribution in [-0.4, -0.2) is 48.8 Å². The molecule has 0 spiro atoms. The number of hydrogen-bond acceptors (Lipinski definition) is 8. The van der Waals surface area contributed by atoms with Gasteiger partial charge in [-0.2, -0.15) is 0 Å². The van der Waals surface area contributed by atoms with Crippen LogP contribution < -0.4 is 4.74 Å². The fourth-order valence-corrected chi connectivity index (χ4v) is 4.67. The topological polar surface area (TPSA) is 119 Å². The molecule has 0 saturated carbocycles. The van der Waals surface area contributed by atoms with E-state index in [1.807, 2.05) is 0 Å². The van der Waals surface area contributed by atoms with Crippen LogP contribution in [0.15, 0.2) is 59.0 Å². The Hall–Kier alpha value is -3.44. The summed E-state index contributed by atoms with van der Waals surface area (Å²) in [5.41, 5.74) is 1.61. The van der Waals surface area contributed by atoms with E-state index in [9.17, 15) is 27.6 Å². The number of halogens is 1. The number of carbonyl (C=O) groups excluding carboxylic acids is 2. The summed E-state index contributed by atoms with van der Waals surface area (Å²) in [7, 11) is -4.04. The van der Waals surface area contributed by atoms with E-state index in [-0.39, 0.29) is 34.4 Å². The highest BCUT2D eigenvalue weighted by molar-refractivity contribution is 7.91. The summed E-state index contributed by atoms with van der Waals surface area (Å²) in [6, 6.07) is 9.82. The standard InChI is InChI=1S/C22H20FNO8S/c1-13-8-16(23)3-2-14(13)11-30-17-4-6-18(7-5-17)33(28,29)12-24(27)21(25)15-9-19-20(10-15)32-22(26)31-19/h2-9,19-20,27H,10-12H2,1H3. The lowest BCUT2D eigenvalue weighted by Crippen LogP contribution is -2.33. The number of carbonyl (C=O) groups is 2. The van der Waals surface area contributed by atoms with E-state index < -0.39 is 40.0 Å². The second-order valence-corrected chi connectivity index (χ2v) is 9.62. The minimum atomic E-state index is -4.04. The number of aryl methyl sites for hydroxylation is 1. The van der Waals surface area contributed by atoms with Crippen molar-refractivity contribution in [3.05, 3.63) is 71.1 Å². The Morgan fingerprint density at radius 2 is 1.94 bits per heavy atom. The molecular weight excluding hydrogens is 457 g/mol. The van der Waals surface area contributed by atoms with Gasteiger partial charge in [-0.1, -0.05) is 6.07 Å². The Morgan fingerprint density at radius 3 is 2.61 bits per heavy atom. The molecule has 1 aliphatic heterocycles. The number of nitrogens with zero attached hydrogens (tertiary/aromatic N) is 1. The smallest absolute Gasteiger partial charge is 0.489 e. The van der Waals surface area contributed by atoms with Crippen LogP contribution in [0.2, 0.25) is 0 Å². The van der Waals surface area contributed by atoms with Gasteiger partial charge in [0.05, 0.1) is 4.90 Å². The number of hydrogen-bond donors (Lipinski definition) is 1. The molecule has 2 atom stereocenters. The summed E-state index contributed by atoms with van der Waals surface area (Å²) in [4.78, 5) is 23.3. The molecule has 1 amide bonds. The summed E-state index contributed by atoms with van der Waals surface area (Å²) in [5, 5.41) is 10.2. The highest BCUT2D eigenvalue weighted by Gasteiger charge is 2.42. The predicted molar refractivity (Wildman–Crippen MR) is 110 cm³/mol. The second-order valence-electron chi connectivity index (χ2n) is 7.66. The maximum absolute atomic E-state index is 13.2. The lowest BCUT2D eigenvalue weighted by Gasteiger charge is -2.16. The average Bonchev–Trinajstić information content (AvgIpc) is 3.30. The summed E-state index contributed by atoms with van der Waals surface area (Å²) in [6.45, 7) is 1.93. The largest absolute Gasteiger partial charge is 0.509 e. The van der Waals surface area contributed by atoms with Crippen molar-refractivity contribution >= 4 is 21.9 Å². The van der Waals surface area contributed by atoms with Crippen molar-refractivity contribution in [3.63, 3.8) is 0 Å². The summed E-state index contributed by atoms with van der Waals surface area (Å²) >= 11 is 0. The van der Waals surface area contributed by atoms with Crippen LogP contribution in [0.5, 0.6) is 5.75 Å². The first-order valence-corrected chi connectivity index (χ1v) is 11.6. The van der Waals surface area contributed by atoms with Crippen molar-refractivity contribution in [2.24, 2.45) is 0 Å². The van der Waals surface area contributed by atoms with Gasteiger partial charge in [-0.15, -0.1) is 0 Å².